The van der Waals surface area contributed by atoms with Crippen molar-refractivity contribution >= 4 is 23.6 Å². The second-order valence-corrected chi connectivity index (χ2v) is 6.68. The van der Waals surface area contributed by atoms with E-state index in [1.165, 1.54) is 28.8 Å². The third-order valence-corrected chi connectivity index (χ3v) is 4.84. The Morgan fingerprint density at radius 2 is 2.14 bits per heavy atom. The molecule has 0 saturated carbocycles. The molecule has 1 aliphatic heterocycles. The second kappa shape index (κ2) is 6.47. The number of carbonyl (C=O) groups is 2. The minimum Gasteiger partial charge on any atom is -0.349 e. The normalized spacial score (nSPS) is 21.7. The maximum absolute atomic E-state index is 13.4. The lowest BCUT2D eigenvalue weighted by Crippen LogP contribution is -2.34. The Kier molecular flexibility index (Phi) is 4.88. The van der Waals surface area contributed by atoms with Gasteiger partial charge in [-0.1, -0.05) is 12.1 Å². The highest BCUT2D eigenvalue weighted by atomic mass is 32.2. The molecule has 114 valence electrons. The molecule has 2 rings (SSSR count). The fraction of sp³-hybridized carbons (Fsp3) is 0.467. The fourth-order valence-electron chi connectivity index (χ4n) is 2.26. The molecule has 1 heterocycles. The maximum Gasteiger partial charge on any atom is 0.236 e. The number of nitrogens with zero attached hydrogens (tertiary/aromatic N) is 2. The summed E-state index contributed by atoms with van der Waals surface area (Å²) >= 11 is 1.49. The lowest BCUT2D eigenvalue weighted by atomic mass is 10.2. The number of hydrogen-bond acceptors (Lipinski definition) is 3. The smallest absolute Gasteiger partial charge is 0.236 e. The van der Waals surface area contributed by atoms with E-state index in [1.807, 2.05) is 13.0 Å². The van der Waals surface area contributed by atoms with E-state index in [-0.39, 0.29) is 34.7 Å². The average molecular weight is 310 g/mol. The minimum absolute atomic E-state index is 0.000757. The van der Waals surface area contributed by atoms with E-state index >= 15 is 0 Å². The van der Waals surface area contributed by atoms with Crippen LogP contribution in [0, 0.1) is 5.82 Å². The van der Waals surface area contributed by atoms with E-state index in [9.17, 15) is 14.0 Å². The highest BCUT2D eigenvalue weighted by Gasteiger charge is 2.38. The van der Waals surface area contributed by atoms with Crippen molar-refractivity contribution in [3.63, 3.8) is 0 Å². The highest BCUT2D eigenvalue weighted by Crippen LogP contribution is 2.42. The number of hydrogen-bond donors (Lipinski definition) is 0. The van der Waals surface area contributed by atoms with Crippen molar-refractivity contribution in [3.8, 4) is 0 Å². The Morgan fingerprint density at radius 3 is 2.76 bits per heavy atom. The van der Waals surface area contributed by atoms with E-state index in [1.54, 1.807) is 25.1 Å². The van der Waals surface area contributed by atoms with Gasteiger partial charge in [0.2, 0.25) is 11.8 Å². The SMILES string of the molecule is C[C@@H]1S[C@@H](c2cccc(F)c2)N(CCC(=O)N(C)C)C1=O. The van der Waals surface area contributed by atoms with Crippen LogP contribution in [0.15, 0.2) is 24.3 Å². The summed E-state index contributed by atoms with van der Waals surface area (Å²) in [6, 6.07) is 6.28. The van der Waals surface area contributed by atoms with Crippen LogP contribution in [0.5, 0.6) is 0 Å². The van der Waals surface area contributed by atoms with Crippen LogP contribution in [0.1, 0.15) is 24.3 Å². The lowest BCUT2D eigenvalue weighted by Gasteiger charge is -2.24. The summed E-state index contributed by atoms with van der Waals surface area (Å²) in [5.41, 5.74) is 0.759. The standard InChI is InChI=1S/C15H19FN2O2S/c1-10-14(20)18(8-7-13(19)17(2)3)15(21-10)11-5-4-6-12(16)9-11/h4-6,9-10,15H,7-8H2,1-3H3/t10-,15-/m0/s1. The van der Waals surface area contributed by atoms with Crippen molar-refractivity contribution in [2.45, 2.75) is 24.0 Å². The number of thioether (sulfide) groups is 1. The van der Waals surface area contributed by atoms with Crippen LogP contribution in [0.25, 0.3) is 0 Å². The molecule has 0 radical (unpaired) electrons. The predicted octanol–water partition coefficient (Wildman–Crippen LogP) is 2.27. The molecule has 1 fully saturated rings. The quantitative estimate of drug-likeness (QED) is 0.856. The van der Waals surface area contributed by atoms with E-state index in [0.717, 1.165) is 5.56 Å². The van der Waals surface area contributed by atoms with Gasteiger partial charge < -0.3 is 9.80 Å². The highest BCUT2D eigenvalue weighted by molar-refractivity contribution is 8.01. The van der Waals surface area contributed by atoms with Gasteiger partial charge in [-0.25, -0.2) is 4.39 Å². The third-order valence-electron chi connectivity index (χ3n) is 3.45. The number of halogens is 1. The molecule has 0 unspecified atom stereocenters. The topological polar surface area (TPSA) is 40.6 Å². The zero-order chi connectivity index (χ0) is 15.6. The van der Waals surface area contributed by atoms with Crippen LogP contribution in [0.3, 0.4) is 0 Å². The van der Waals surface area contributed by atoms with Crippen molar-refractivity contribution in [3.05, 3.63) is 35.6 Å². The monoisotopic (exact) mass is 310 g/mol. The predicted molar refractivity (Wildman–Crippen MR) is 81.2 cm³/mol. The molecule has 2 amide bonds. The molecule has 0 bridgehead atoms. The first-order chi connectivity index (χ1) is 9.90. The van der Waals surface area contributed by atoms with Gasteiger partial charge in [-0.15, -0.1) is 11.8 Å². The third kappa shape index (κ3) is 3.56. The van der Waals surface area contributed by atoms with Crippen molar-refractivity contribution in [1.29, 1.82) is 0 Å². The van der Waals surface area contributed by atoms with Gasteiger partial charge in [0.25, 0.3) is 0 Å². The van der Waals surface area contributed by atoms with Gasteiger partial charge >= 0.3 is 0 Å². The van der Waals surface area contributed by atoms with E-state index < -0.39 is 0 Å². The van der Waals surface area contributed by atoms with E-state index in [4.69, 9.17) is 0 Å². The Labute approximate surface area is 128 Å². The van der Waals surface area contributed by atoms with Crippen LogP contribution in [0.2, 0.25) is 0 Å². The summed E-state index contributed by atoms with van der Waals surface area (Å²) in [5.74, 6) is -0.337. The molecule has 4 nitrogen and oxygen atoms in total. The summed E-state index contributed by atoms with van der Waals surface area (Å²) in [5, 5.41) is -0.397. The number of benzene rings is 1. The van der Waals surface area contributed by atoms with Gasteiger partial charge in [0.05, 0.1) is 5.25 Å². The maximum atomic E-state index is 13.4. The molecule has 1 aromatic rings. The van der Waals surface area contributed by atoms with Crippen LogP contribution in [-0.2, 0) is 9.59 Å². The molecule has 6 heteroatoms. The first-order valence-corrected chi connectivity index (χ1v) is 7.76. The number of carbonyl (C=O) groups excluding carboxylic acids is 2. The Morgan fingerprint density at radius 1 is 1.43 bits per heavy atom. The first kappa shape index (κ1) is 15.8. The molecule has 0 spiro atoms. The molecule has 21 heavy (non-hydrogen) atoms. The first-order valence-electron chi connectivity index (χ1n) is 6.81. The van der Waals surface area contributed by atoms with Crippen molar-refractivity contribution in [2.24, 2.45) is 0 Å². The van der Waals surface area contributed by atoms with Crippen molar-refractivity contribution in [1.82, 2.24) is 9.80 Å². The molecule has 0 aromatic heterocycles. The fourth-order valence-corrected chi connectivity index (χ4v) is 3.56. The van der Waals surface area contributed by atoms with Gasteiger partial charge in [-0.3, -0.25) is 9.59 Å². The molecule has 0 N–H and O–H groups in total. The summed E-state index contributed by atoms with van der Waals surface area (Å²) < 4.78 is 13.4. The van der Waals surface area contributed by atoms with Gasteiger partial charge in [0, 0.05) is 27.1 Å². The van der Waals surface area contributed by atoms with Gasteiger partial charge in [-0.05, 0) is 24.6 Å². The summed E-state index contributed by atoms with van der Waals surface area (Å²) in [7, 11) is 3.38. The van der Waals surface area contributed by atoms with Gasteiger partial charge in [0.1, 0.15) is 11.2 Å². The molecule has 1 aromatic carbocycles. The zero-order valence-electron chi connectivity index (χ0n) is 12.4. The molecule has 1 saturated heterocycles. The Balaban J connectivity index is 2.15. The van der Waals surface area contributed by atoms with Crippen molar-refractivity contribution < 1.29 is 14.0 Å². The van der Waals surface area contributed by atoms with Crippen LogP contribution < -0.4 is 0 Å². The number of rotatable bonds is 4. The number of amides is 2. The second-order valence-electron chi connectivity index (χ2n) is 5.26. The Bertz CT molecular complexity index is 550. The van der Waals surface area contributed by atoms with Gasteiger partial charge in [-0.2, -0.15) is 0 Å². The molecule has 2 atom stereocenters. The summed E-state index contributed by atoms with van der Waals surface area (Å²) in [6.07, 6.45) is 0.276. The minimum atomic E-state index is -0.315. The Hall–Kier alpha value is -1.56. The molecular weight excluding hydrogens is 291 g/mol. The molecule has 1 aliphatic rings. The van der Waals surface area contributed by atoms with Crippen LogP contribution in [0.4, 0.5) is 4.39 Å². The summed E-state index contributed by atoms with van der Waals surface area (Å²) in [6.45, 7) is 2.20. The summed E-state index contributed by atoms with van der Waals surface area (Å²) in [4.78, 5) is 27.1. The lowest BCUT2D eigenvalue weighted by molar-refractivity contribution is -0.132. The van der Waals surface area contributed by atoms with E-state index in [2.05, 4.69) is 0 Å². The molecular formula is C15H19FN2O2S. The van der Waals surface area contributed by atoms with Gasteiger partial charge in [0.15, 0.2) is 0 Å². The van der Waals surface area contributed by atoms with Crippen LogP contribution in [-0.4, -0.2) is 47.5 Å². The molecule has 0 aliphatic carbocycles. The van der Waals surface area contributed by atoms with Crippen LogP contribution >= 0.6 is 11.8 Å². The largest absolute Gasteiger partial charge is 0.349 e. The van der Waals surface area contributed by atoms with Crippen molar-refractivity contribution in [2.75, 3.05) is 20.6 Å². The average Bonchev–Trinajstić information content (AvgIpc) is 2.72. The van der Waals surface area contributed by atoms with E-state index in [0.29, 0.717) is 6.54 Å². The zero-order valence-corrected chi connectivity index (χ0v) is 13.2.